The molecular weight excluding hydrogens is 412 g/mol. The lowest BCUT2D eigenvalue weighted by Gasteiger charge is -2.23. The van der Waals surface area contributed by atoms with Crippen LogP contribution in [0.1, 0.15) is 42.3 Å². The normalized spacial score (nSPS) is 13.2. The molecule has 0 atom stereocenters. The van der Waals surface area contributed by atoms with Gasteiger partial charge < -0.3 is 5.32 Å². The highest BCUT2D eigenvalue weighted by molar-refractivity contribution is 6.17. The van der Waals surface area contributed by atoms with Gasteiger partial charge in [0.15, 0.2) is 0 Å². The van der Waals surface area contributed by atoms with Crippen LogP contribution in [0.4, 0.5) is 26.3 Å². The van der Waals surface area contributed by atoms with Gasteiger partial charge in [0.2, 0.25) is 0 Å². The van der Waals surface area contributed by atoms with Gasteiger partial charge in [-0.05, 0) is 44.5 Å². The summed E-state index contributed by atoms with van der Waals surface area (Å²) in [6.45, 7) is 5.06. The number of nitrogens with one attached hydrogen (secondary N) is 1. The zero-order valence-corrected chi connectivity index (χ0v) is 16.2. The molecule has 160 valence electrons. The molecule has 30 heavy (non-hydrogen) atoms. The van der Waals surface area contributed by atoms with E-state index in [-0.39, 0.29) is 28.5 Å². The van der Waals surface area contributed by atoms with Gasteiger partial charge in [0, 0.05) is 35.2 Å². The molecule has 4 nitrogen and oxygen atoms in total. The Labute approximate surface area is 167 Å². The van der Waals surface area contributed by atoms with Crippen molar-refractivity contribution in [3.05, 3.63) is 47.3 Å². The van der Waals surface area contributed by atoms with E-state index in [2.05, 4.69) is 15.3 Å². The van der Waals surface area contributed by atoms with Gasteiger partial charge in [0.05, 0.1) is 22.2 Å². The lowest BCUT2D eigenvalue weighted by Crippen LogP contribution is -2.35. The predicted octanol–water partition coefficient (Wildman–Crippen LogP) is 5.43. The van der Waals surface area contributed by atoms with Crippen molar-refractivity contribution in [2.45, 2.75) is 45.2 Å². The Balaban J connectivity index is 2.40. The molecule has 0 fully saturated rings. The maximum absolute atomic E-state index is 14.0. The summed E-state index contributed by atoms with van der Waals surface area (Å²) in [7, 11) is 0. The van der Waals surface area contributed by atoms with Crippen LogP contribution in [-0.4, -0.2) is 27.5 Å². The topological polar surface area (TPSA) is 54.9 Å². The summed E-state index contributed by atoms with van der Waals surface area (Å²) in [5.41, 5.74) is -3.36. The van der Waals surface area contributed by atoms with E-state index in [0.29, 0.717) is 6.07 Å². The molecule has 0 unspecified atom stereocenters. The highest BCUT2D eigenvalue weighted by atomic mass is 19.4. The number of aromatic nitrogens is 2. The second kappa shape index (κ2) is 7.19. The summed E-state index contributed by atoms with van der Waals surface area (Å²) in [4.78, 5) is 19.8. The minimum atomic E-state index is -5.27. The van der Waals surface area contributed by atoms with E-state index in [0.717, 1.165) is 12.4 Å². The molecule has 10 heteroatoms. The van der Waals surface area contributed by atoms with Crippen LogP contribution < -0.4 is 5.32 Å². The number of hydrogen-bond acceptors (Lipinski definition) is 4. The number of nitrogens with zero attached hydrogens (tertiary/aromatic N) is 2. The number of benzene rings is 1. The third kappa shape index (κ3) is 4.23. The molecule has 0 bridgehead atoms. The fraction of sp³-hybridized carbons (Fsp3) is 0.350. The number of Topliss-reactive ketones (excluding diaryl/α,β-unsaturated/α-hetero) is 1. The van der Waals surface area contributed by atoms with Gasteiger partial charge in [-0.25, -0.2) is 0 Å². The minimum Gasteiger partial charge on any atom is -0.308 e. The Bertz CT molecular complexity index is 1130. The largest absolute Gasteiger partial charge is 0.454 e. The number of rotatable bonds is 3. The molecule has 3 aromatic rings. The minimum absolute atomic E-state index is 0.0663. The fourth-order valence-electron chi connectivity index (χ4n) is 3.10. The van der Waals surface area contributed by atoms with Crippen molar-refractivity contribution in [1.29, 1.82) is 0 Å². The Morgan fingerprint density at radius 1 is 1.00 bits per heavy atom. The van der Waals surface area contributed by atoms with Crippen molar-refractivity contribution in [3.63, 3.8) is 0 Å². The van der Waals surface area contributed by atoms with Crippen LogP contribution in [0.15, 0.2) is 30.6 Å². The first-order valence-corrected chi connectivity index (χ1v) is 8.83. The van der Waals surface area contributed by atoms with Crippen molar-refractivity contribution < 1.29 is 31.1 Å². The first-order valence-electron chi connectivity index (χ1n) is 8.83. The molecule has 1 N–H and O–H groups in total. The summed E-state index contributed by atoms with van der Waals surface area (Å²) < 4.78 is 81.3. The third-order valence-electron chi connectivity index (χ3n) is 4.40. The van der Waals surface area contributed by atoms with E-state index < -0.39 is 40.2 Å². The van der Waals surface area contributed by atoms with Gasteiger partial charge in [-0.2, -0.15) is 26.3 Å². The Morgan fingerprint density at radius 2 is 1.67 bits per heavy atom. The zero-order valence-electron chi connectivity index (χ0n) is 16.2. The predicted molar refractivity (Wildman–Crippen MR) is 99.0 cm³/mol. The first kappa shape index (κ1) is 21.9. The Morgan fingerprint density at radius 3 is 2.23 bits per heavy atom. The van der Waals surface area contributed by atoms with E-state index >= 15 is 0 Å². The molecule has 0 spiro atoms. The van der Waals surface area contributed by atoms with Crippen molar-refractivity contribution in [3.8, 4) is 0 Å². The number of alkyl halides is 6. The van der Waals surface area contributed by atoms with Gasteiger partial charge in [-0.3, -0.25) is 14.8 Å². The van der Waals surface area contributed by atoms with Crippen molar-refractivity contribution in [2.24, 2.45) is 0 Å². The van der Waals surface area contributed by atoms with Crippen LogP contribution in [0.2, 0.25) is 0 Å². The van der Waals surface area contributed by atoms with Crippen LogP contribution in [0.3, 0.4) is 0 Å². The van der Waals surface area contributed by atoms with E-state index in [1.165, 1.54) is 12.1 Å². The molecule has 2 aromatic heterocycles. The number of ketones is 1. The SMILES string of the molecule is CC(C)(C)NCc1cnc2c(cc(C(=O)C(F)(F)F)c3ncccc32)c1C(F)(F)F. The summed E-state index contributed by atoms with van der Waals surface area (Å²) in [5.74, 6) is -2.26. The summed E-state index contributed by atoms with van der Waals surface area (Å²) in [6, 6.07) is 3.24. The molecule has 0 radical (unpaired) electrons. The van der Waals surface area contributed by atoms with Crippen LogP contribution in [0.25, 0.3) is 21.8 Å². The van der Waals surface area contributed by atoms with Crippen molar-refractivity contribution in [1.82, 2.24) is 15.3 Å². The lowest BCUT2D eigenvalue weighted by molar-refractivity contribution is -0.137. The monoisotopic (exact) mass is 429 g/mol. The Kier molecular flexibility index (Phi) is 5.26. The smallest absolute Gasteiger partial charge is 0.308 e. The van der Waals surface area contributed by atoms with E-state index in [9.17, 15) is 31.1 Å². The molecular formula is C20H17F6N3O. The number of hydrogen-bond donors (Lipinski definition) is 1. The van der Waals surface area contributed by atoms with E-state index in [1.54, 1.807) is 20.8 Å². The fourth-order valence-corrected chi connectivity index (χ4v) is 3.10. The Hall–Kier alpha value is -2.75. The molecule has 3 rings (SSSR count). The first-order chi connectivity index (χ1) is 13.7. The number of halogens is 6. The molecule has 0 saturated carbocycles. The highest BCUT2D eigenvalue weighted by Gasteiger charge is 2.42. The van der Waals surface area contributed by atoms with Gasteiger partial charge in [-0.15, -0.1) is 0 Å². The average Bonchev–Trinajstić information content (AvgIpc) is 2.62. The van der Waals surface area contributed by atoms with Crippen molar-refractivity contribution >= 4 is 27.6 Å². The summed E-state index contributed by atoms with van der Waals surface area (Å²) in [5, 5.41) is 2.27. The number of pyridine rings is 2. The maximum atomic E-state index is 14.0. The molecule has 0 aliphatic rings. The van der Waals surface area contributed by atoms with Gasteiger partial charge in [0.25, 0.3) is 5.78 Å². The van der Waals surface area contributed by atoms with E-state index in [1.807, 2.05) is 0 Å². The van der Waals surface area contributed by atoms with Gasteiger partial charge in [0.1, 0.15) is 0 Å². The van der Waals surface area contributed by atoms with Crippen LogP contribution in [-0.2, 0) is 12.7 Å². The second-order valence-electron chi connectivity index (χ2n) is 7.81. The van der Waals surface area contributed by atoms with Gasteiger partial charge >= 0.3 is 12.4 Å². The van der Waals surface area contributed by atoms with Gasteiger partial charge in [-0.1, -0.05) is 0 Å². The molecule has 2 heterocycles. The number of carbonyl (C=O) groups excluding carboxylic acids is 1. The second-order valence-corrected chi connectivity index (χ2v) is 7.81. The summed E-state index contributed by atoms with van der Waals surface area (Å²) >= 11 is 0. The van der Waals surface area contributed by atoms with Crippen molar-refractivity contribution in [2.75, 3.05) is 0 Å². The quantitative estimate of drug-likeness (QED) is 0.343. The number of fused-ring (bicyclic) bond motifs is 3. The summed E-state index contributed by atoms with van der Waals surface area (Å²) in [6.07, 6.45) is -7.95. The van der Waals surface area contributed by atoms with Crippen LogP contribution in [0.5, 0.6) is 0 Å². The molecule has 0 aliphatic carbocycles. The maximum Gasteiger partial charge on any atom is 0.454 e. The van der Waals surface area contributed by atoms with E-state index in [4.69, 9.17) is 0 Å². The molecule has 0 aliphatic heterocycles. The standard InChI is InChI=1S/C20H17F6N3O/c1-18(2,3)29-9-10-8-28-15-11-5-4-6-27-16(11)13(17(30)20(24,25)26)7-12(15)14(10)19(21,22)23/h4-8,29H,9H2,1-3H3. The molecule has 0 amide bonds. The number of carbonyl (C=O) groups is 1. The molecule has 1 aromatic carbocycles. The van der Waals surface area contributed by atoms with Crippen LogP contribution in [0, 0.1) is 0 Å². The zero-order chi connectivity index (χ0) is 22.5. The average molecular weight is 429 g/mol. The third-order valence-corrected chi connectivity index (χ3v) is 4.40. The van der Waals surface area contributed by atoms with Crippen LogP contribution >= 0.6 is 0 Å². The molecule has 0 saturated heterocycles. The highest BCUT2D eigenvalue weighted by Crippen LogP contribution is 2.40. The lowest BCUT2D eigenvalue weighted by atomic mass is 9.95.